The van der Waals surface area contributed by atoms with Crippen molar-refractivity contribution in [1.82, 2.24) is 10.2 Å². The van der Waals surface area contributed by atoms with Crippen LogP contribution in [0.15, 0.2) is 30.3 Å². The Bertz CT molecular complexity index is 313. The number of hydrogen-bond donors (Lipinski definition) is 1. The van der Waals surface area contributed by atoms with Gasteiger partial charge in [-0.2, -0.15) is 0 Å². The van der Waals surface area contributed by atoms with Gasteiger partial charge in [-0.05, 0) is 26.3 Å². The Kier molecular flexibility index (Phi) is 3.62. The van der Waals surface area contributed by atoms with Gasteiger partial charge in [-0.3, -0.25) is 4.90 Å². The van der Waals surface area contributed by atoms with Crippen molar-refractivity contribution < 1.29 is 0 Å². The number of benzene rings is 1. The molecule has 1 N–H and O–H groups in total. The first-order chi connectivity index (χ1) is 7.70. The zero-order valence-electron chi connectivity index (χ0n) is 10.5. The maximum Gasteiger partial charge on any atom is 0.0326 e. The smallest absolute Gasteiger partial charge is 0.0326 e. The second-order valence-corrected chi connectivity index (χ2v) is 4.89. The monoisotopic (exact) mass is 218 g/mol. The molecule has 2 rings (SSSR count). The highest BCUT2D eigenvalue weighted by Gasteiger charge is 2.28. The first kappa shape index (κ1) is 11.6. The van der Waals surface area contributed by atoms with E-state index in [0.717, 1.165) is 13.1 Å². The molecule has 1 aliphatic rings. The van der Waals surface area contributed by atoms with E-state index in [9.17, 15) is 0 Å². The molecule has 0 bridgehead atoms. The summed E-state index contributed by atoms with van der Waals surface area (Å²) in [6.07, 6.45) is 0. The van der Waals surface area contributed by atoms with Gasteiger partial charge in [0.25, 0.3) is 0 Å². The largest absolute Gasteiger partial charge is 0.314 e. The summed E-state index contributed by atoms with van der Waals surface area (Å²) in [7, 11) is 0. The summed E-state index contributed by atoms with van der Waals surface area (Å²) in [5.41, 5.74) is 1.42. The molecular formula is C14H22N2. The predicted octanol–water partition coefficient (Wildman–Crippen LogP) is 2.43. The van der Waals surface area contributed by atoms with Crippen LogP contribution in [0.3, 0.4) is 0 Å². The van der Waals surface area contributed by atoms with Gasteiger partial charge in [-0.15, -0.1) is 0 Å². The quantitative estimate of drug-likeness (QED) is 0.820. The van der Waals surface area contributed by atoms with Gasteiger partial charge < -0.3 is 5.32 Å². The summed E-state index contributed by atoms with van der Waals surface area (Å²) < 4.78 is 0. The van der Waals surface area contributed by atoms with Crippen LogP contribution in [-0.4, -0.2) is 30.1 Å². The fourth-order valence-electron chi connectivity index (χ4n) is 2.81. The topological polar surface area (TPSA) is 15.3 Å². The number of nitrogens with zero attached hydrogens (tertiary/aromatic N) is 1. The zero-order chi connectivity index (χ0) is 11.5. The van der Waals surface area contributed by atoms with Gasteiger partial charge in [0.15, 0.2) is 0 Å². The molecule has 0 amide bonds. The highest BCUT2D eigenvalue weighted by atomic mass is 15.3. The van der Waals surface area contributed by atoms with Crippen molar-refractivity contribution in [2.75, 3.05) is 13.1 Å². The van der Waals surface area contributed by atoms with E-state index in [4.69, 9.17) is 0 Å². The highest BCUT2D eigenvalue weighted by molar-refractivity contribution is 5.19. The Hall–Kier alpha value is -0.860. The summed E-state index contributed by atoms with van der Waals surface area (Å²) in [5.74, 6) is 0. The molecular weight excluding hydrogens is 196 g/mol. The maximum absolute atomic E-state index is 3.48. The third-order valence-electron chi connectivity index (χ3n) is 3.63. The molecule has 3 unspecified atom stereocenters. The van der Waals surface area contributed by atoms with E-state index in [2.05, 4.69) is 61.3 Å². The standard InChI is InChI=1S/C14H22N2/c1-11-9-15-10-12(2)16(11)13(3)14-7-5-4-6-8-14/h4-8,11-13,15H,9-10H2,1-3H3. The van der Waals surface area contributed by atoms with Crippen molar-refractivity contribution in [3.05, 3.63) is 35.9 Å². The van der Waals surface area contributed by atoms with Crippen LogP contribution in [0.2, 0.25) is 0 Å². The van der Waals surface area contributed by atoms with E-state index in [1.165, 1.54) is 5.56 Å². The van der Waals surface area contributed by atoms with Crippen LogP contribution >= 0.6 is 0 Å². The van der Waals surface area contributed by atoms with Crippen molar-refractivity contribution in [3.8, 4) is 0 Å². The van der Waals surface area contributed by atoms with Gasteiger partial charge in [0, 0.05) is 31.2 Å². The second kappa shape index (κ2) is 4.98. The molecule has 0 aliphatic carbocycles. The molecule has 0 radical (unpaired) electrons. The maximum atomic E-state index is 3.48. The van der Waals surface area contributed by atoms with Crippen molar-refractivity contribution in [2.24, 2.45) is 0 Å². The normalized spacial score (nSPS) is 28.9. The average Bonchev–Trinajstić information content (AvgIpc) is 2.30. The number of rotatable bonds is 2. The predicted molar refractivity (Wildman–Crippen MR) is 68.5 cm³/mol. The van der Waals surface area contributed by atoms with Crippen LogP contribution in [0.25, 0.3) is 0 Å². The summed E-state index contributed by atoms with van der Waals surface area (Å²) in [6.45, 7) is 9.13. The molecule has 1 fully saturated rings. The first-order valence-corrected chi connectivity index (χ1v) is 6.23. The number of nitrogens with one attached hydrogen (secondary N) is 1. The Morgan fingerprint density at radius 1 is 1.12 bits per heavy atom. The molecule has 16 heavy (non-hydrogen) atoms. The minimum Gasteiger partial charge on any atom is -0.314 e. The molecule has 2 heteroatoms. The fourth-order valence-corrected chi connectivity index (χ4v) is 2.81. The molecule has 0 aromatic heterocycles. The Morgan fingerprint density at radius 2 is 1.69 bits per heavy atom. The van der Waals surface area contributed by atoms with E-state index in [-0.39, 0.29) is 0 Å². The van der Waals surface area contributed by atoms with E-state index in [0.29, 0.717) is 18.1 Å². The van der Waals surface area contributed by atoms with E-state index < -0.39 is 0 Å². The molecule has 2 nitrogen and oxygen atoms in total. The Labute approximate surface area is 98.7 Å². The van der Waals surface area contributed by atoms with E-state index >= 15 is 0 Å². The van der Waals surface area contributed by atoms with Crippen molar-refractivity contribution in [3.63, 3.8) is 0 Å². The van der Waals surface area contributed by atoms with Crippen LogP contribution in [-0.2, 0) is 0 Å². The van der Waals surface area contributed by atoms with Gasteiger partial charge in [0.2, 0.25) is 0 Å². The Balaban J connectivity index is 2.16. The van der Waals surface area contributed by atoms with E-state index in [1.54, 1.807) is 0 Å². The summed E-state index contributed by atoms with van der Waals surface area (Å²) >= 11 is 0. The van der Waals surface area contributed by atoms with Crippen molar-refractivity contribution in [2.45, 2.75) is 38.9 Å². The van der Waals surface area contributed by atoms with Gasteiger partial charge >= 0.3 is 0 Å². The third kappa shape index (κ3) is 2.28. The molecule has 1 saturated heterocycles. The molecule has 0 saturated carbocycles. The lowest BCUT2D eigenvalue weighted by Gasteiger charge is -2.43. The lowest BCUT2D eigenvalue weighted by molar-refractivity contribution is 0.0743. The van der Waals surface area contributed by atoms with Gasteiger partial charge in [0.05, 0.1) is 0 Å². The fraction of sp³-hybridized carbons (Fsp3) is 0.571. The van der Waals surface area contributed by atoms with Crippen LogP contribution < -0.4 is 5.32 Å². The van der Waals surface area contributed by atoms with Crippen LogP contribution in [0.5, 0.6) is 0 Å². The molecule has 0 spiro atoms. The minimum absolute atomic E-state index is 0.508. The molecule has 1 aliphatic heterocycles. The molecule has 88 valence electrons. The summed E-state index contributed by atoms with van der Waals surface area (Å²) in [6, 6.07) is 12.5. The van der Waals surface area contributed by atoms with Gasteiger partial charge in [0.1, 0.15) is 0 Å². The van der Waals surface area contributed by atoms with Crippen LogP contribution in [0.4, 0.5) is 0 Å². The molecule has 1 aromatic rings. The summed E-state index contributed by atoms with van der Waals surface area (Å²) in [4.78, 5) is 2.62. The second-order valence-electron chi connectivity index (χ2n) is 4.89. The third-order valence-corrected chi connectivity index (χ3v) is 3.63. The van der Waals surface area contributed by atoms with Crippen molar-refractivity contribution in [1.29, 1.82) is 0 Å². The van der Waals surface area contributed by atoms with Gasteiger partial charge in [-0.25, -0.2) is 0 Å². The van der Waals surface area contributed by atoms with Crippen molar-refractivity contribution >= 4 is 0 Å². The average molecular weight is 218 g/mol. The lowest BCUT2D eigenvalue weighted by Crippen LogP contribution is -2.55. The number of piperazine rings is 1. The number of hydrogen-bond acceptors (Lipinski definition) is 2. The lowest BCUT2D eigenvalue weighted by atomic mass is 10.0. The molecule has 1 heterocycles. The first-order valence-electron chi connectivity index (χ1n) is 6.23. The zero-order valence-corrected chi connectivity index (χ0v) is 10.5. The van der Waals surface area contributed by atoms with Crippen LogP contribution in [0, 0.1) is 0 Å². The highest BCUT2D eigenvalue weighted by Crippen LogP contribution is 2.25. The molecule has 1 aromatic carbocycles. The minimum atomic E-state index is 0.508. The SMILES string of the molecule is CC1CNCC(C)N1C(C)c1ccccc1. The van der Waals surface area contributed by atoms with E-state index in [1.807, 2.05) is 0 Å². The summed E-state index contributed by atoms with van der Waals surface area (Å²) in [5, 5.41) is 3.48. The Morgan fingerprint density at radius 3 is 2.25 bits per heavy atom. The van der Waals surface area contributed by atoms with Crippen LogP contribution in [0.1, 0.15) is 32.4 Å². The molecule has 3 atom stereocenters. The van der Waals surface area contributed by atoms with Gasteiger partial charge in [-0.1, -0.05) is 30.3 Å².